The van der Waals surface area contributed by atoms with Crippen LogP contribution < -0.4 is 5.32 Å². The van der Waals surface area contributed by atoms with Gasteiger partial charge in [-0.25, -0.2) is 8.42 Å². The Balaban J connectivity index is 1.87. The fourth-order valence-corrected chi connectivity index (χ4v) is 3.83. The summed E-state index contributed by atoms with van der Waals surface area (Å²) in [4.78, 5) is 12.7. The number of hydrogen-bond donors (Lipinski definition) is 3. The number of H-pyrrole nitrogens is 1. The van der Waals surface area contributed by atoms with Crippen LogP contribution in [0, 0.1) is 0 Å². The van der Waals surface area contributed by atoms with Crippen LogP contribution in [-0.4, -0.2) is 35.4 Å². The third kappa shape index (κ3) is 3.01. The highest BCUT2D eigenvalue weighted by Crippen LogP contribution is 2.33. The van der Waals surface area contributed by atoms with Crippen LogP contribution in [0.25, 0.3) is 0 Å². The van der Waals surface area contributed by atoms with E-state index >= 15 is 0 Å². The van der Waals surface area contributed by atoms with Gasteiger partial charge in [-0.3, -0.25) is 9.89 Å². The number of benzene rings is 1. The fourth-order valence-electron chi connectivity index (χ4n) is 2.93. The number of hydrogen-bond acceptors (Lipinski definition) is 5. The molecule has 128 valence electrons. The Kier molecular flexibility index (Phi) is 4.31. The molecular formula is C16H19N3O4S. The first-order valence-corrected chi connectivity index (χ1v) is 9.46. The van der Waals surface area contributed by atoms with Gasteiger partial charge in [-0.05, 0) is 37.5 Å². The van der Waals surface area contributed by atoms with E-state index in [-0.39, 0.29) is 33.9 Å². The van der Waals surface area contributed by atoms with E-state index in [1.807, 2.05) is 0 Å². The number of aryl methyl sites for hydroxylation is 1. The number of aromatic amines is 1. The summed E-state index contributed by atoms with van der Waals surface area (Å²) in [5.74, 6) is -0.856. The number of fused-ring (bicyclic) bond motifs is 1. The second kappa shape index (κ2) is 6.27. The molecule has 0 aliphatic heterocycles. The Morgan fingerprint density at radius 3 is 3.00 bits per heavy atom. The van der Waals surface area contributed by atoms with Crippen LogP contribution in [0.1, 0.15) is 36.9 Å². The molecule has 24 heavy (non-hydrogen) atoms. The fraction of sp³-hybridized carbons (Fsp3) is 0.375. The number of aromatic hydroxyl groups is 1. The summed E-state index contributed by atoms with van der Waals surface area (Å²) in [6, 6.07) is 3.91. The van der Waals surface area contributed by atoms with Crippen molar-refractivity contribution in [1.82, 2.24) is 10.2 Å². The Bertz CT molecular complexity index is 873. The average Bonchev–Trinajstić information content (AvgIpc) is 3.05. The van der Waals surface area contributed by atoms with Crippen molar-refractivity contribution < 1.29 is 18.3 Å². The maximum atomic E-state index is 12.6. The molecule has 8 heteroatoms. The molecule has 7 nitrogen and oxygen atoms in total. The number of sulfone groups is 1. The van der Waals surface area contributed by atoms with Crippen molar-refractivity contribution in [1.29, 1.82) is 0 Å². The van der Waals surface area contributed by atoms with E-state index in [0.29, 0.717) is 6.42 Å². The monoisotopic (exact) mass is 349 g/mol. The standard InChI is InChI=1S/C16H19N3O4S/c1-2-24(22,23)10-6-7-15(20)14(8-10)18-16(21)11-4-3-5-13-12(11)9-17-19-13/h6-9,11,20H,2-5H2,1H3,(H,17,19)(H,18,21). The molecule has 1 amide bonds. The average molecular weight is 349 g/mol. The number of phenolic OH excluding ortho intramolecular Hbond substituents is 1. The first-order chi connectivity index (χ1) is 11.4. The summed E-state index contributed by atoms with van der Waals surface area (Å²) >= 11 is 0. The highest BCUT2D eigenvalue weighted by atomic mass is 32.2. The minimum absolute atomic E-state index is 0.0494. The third-order valence-electron chi connectivity index (χ3n) is 4.33. The molecule has 3 rings (SSSR count). The number of carbonyl (C=O) groups is 1. The number of nitrogens with zero attached hydrogens (tertiary/aromatic N) is 1. The molecular weight excluding hydrogens is 330 g/mol. The minimum Gasteiger partial charge on any atom is -0.506 e. The molecule has 1 aliphatic rings. The van der Waals surface area contributed by atoms with E-state index in [4.69, 9.17) is 0 Å². The van der Waals surface area contributed by atoms with Crippen LogP contribution in [0.15, 0.2) is 29.3 Å². The Hall–Kier alpha value is -2.35. The zero-order valence-corrected chi connectivity index (χ0v) is 14.1. The van der Waals surface area contributed by atoms with Crippen LogP contribution in [0.2, 0.25) is 0 Å². The number of rotatable bonds is 4. The molecule has 0 saturated carbocycles. The van der Waals surface area contributed by atoms with Crippen LogP contribution in [-0.2, 0) is 21.1 Å². The second-order valence-corrected chi connectivity index (χ2v) is 8.10. The molecule has 0 saturated heterocycles. The molecule has 1 heterocycles. The maximum absolute atomic E-state index is 12.6. The number of amides is 1. The van der Waals surface area contributed by atoms with Gasteiger partial charge in [0.25, 0.3) is 0 Å². The number of phenols is 1. The summed E-state index contributed by atoms with van der Waals surface area (Å²) in [7, 11) is -3.42. The van der Waals surface area contributed by atoms with Crippen molar-refractivity contribution in [2.45, 2.75) is 37.0 Å². The van der Waals surface area contributed by atoms with Crippen LogP contribution >= 0.6 is 0 Å². The SMILES string of the molecule is CCS(=O)(=O)c1ccc(O)c(NC(=O)C2CCCc3[nH]ncc32)c1. The van der Waals surface area contributed by atoms with Gasteiger partial charge in [-0.2, -0.15) is 5.10 Å². The van der Waals surface area contributed by atoms with Gasteiger partial charge in [0.2, 0.25) is 5.91 Å². The molecule has 0 radical (unpaired) electrons. The second-order valence-electron chi connectivity index (χ2n) is 5.82. The Morgan fingerprint density at radius 2 is 2.25 bits per heavy atom. The molecule has 1 atom stereocenters. The predicted molar refractivity (Wildman–Crippen MR) is 88.7 cm³/mol. The van der Waals surface area contributed by atoms with Crippen molar-refractivity contribution in [2.75, 3.05) is 11.1 Å². The number of carbonyl (C=O) groups excluding carboxylic acids is 1. The van der Waals surface area contributed by atoms with Crippen molar-refractivity contribution >= 4 is 21.4 Å². The lowest BCUT2D eigenvalue weighted by molar-refractivity contribution is -0.117. The predicted octanol–water partition coefficient (Wildman–Crippen LogP) is 1.97. The van der Waals surface area contributed by atoms with E-state index in [1.165, 1.54) is 18.2 Å². The molecule has 1 aromatic carbocycles. The van der Waals surface area contributed by atoms with E-state index < -0.39 is 9.84 Å². The first kappa shape index (κ1) is 16.5. The number of anilines is 1. The van der Waals surface area contributed by atoms with E-state index in [0.717, 1.165) is 24.1 Å². The van der Waals surface area contributed by atoms with E-state index in [2.05, 4.69) is 15.5 Å². The van der Waals surface area contributed by atoms with Gasteiger partial charge in [0.05, 0.1) is 28.5 Å². The van der Waals surface area contributed by atoms with Gasteiger partial charge >= 0.3 is 0 Å². The quantitative estimate of drug-likeness (QED) is 0.731. The van der Waals surface area contributed by atoms with Crippen LogP contribution in [0.5, 0.6) is 5.75 Å². The number of nitrogens with one attached hydrogen (secondary N) is 2. The summed E-state index contributed by atoms with van der Waals surface area (Å²) in [6.45, 7) is 1.54. The third-order valence-corrected chi connectivity index (χ3v) is 6.06. The highest BCUT2D eigenvalue weighted by molar-refractivity contribution is 7.91. The molecule has 0 bridgehead atoms. The van der Waals surface area contributed by atoms with Gasteiger partial charge in [-0.1, -0.05) is 6.92 Å². The summed E-state index contributed by atoms with van der Waals surface area (Å²) < 4.78 is 23.9. The van der Waals surface area contributed by atoms with Crippen molar-refractivity contribution in [3.8, 4) is 5.75 Å². The summed E-state index contributed by atoms with van der Waals surface area (Å²) in [5.41, 5.74) is 1.91. The summed E-state index contributed by atoms with van der Waals surface area (Å²) in [6.07, 6.45) is 4.06. The minimum atomic E-state index is -3.42. The van der Waals surface area contributed by atoms with Crippen molar-refractivity contribution in [2.24, 2.45) is 0 Å². The Labute approximate surface area is 140 Å². The lowest BCUT2D eigenvalue weighted by Crippen LogP contribution is -2.24. The van der Waals surface area contributed by atoms with Crippen molar-refractivity contribution in [3.05, 3.63) is 35.7 Å². The zero-order valence-electron chi connectivity index (χ0n) is 13.2. The van der Waals surface area contributed by atoms with Gasteiger partial charge in [0.15, 0.2) is 9.84 Å². The molecule has 1 unspecified atom stereocenters. The molecule has 2 aromatic rings. The van der Waals surface area contributed by atoms with Crippen LogP contribution in [0.4, 0.5) is 5.69 Å². The smallest absolute Gasteiger partial charge is 0.232 e. The number of aromatic nitrogens is 2. The van der Waals surface area contributed by atoms with Gasteiger partial charge in [0, 0.05) is 11.3 Å². The normalized spacial score (nSPS) is 17.3. The molecule has 1 aliphatic carbocycles. The molecule has 1 aromatic heterocycles. The zero-order chi connectivity index (χ0) is 17.3. The molecule has 3 N–H and O–H groups in total. The summed E-state index contributed by atoms with van der Waals surface area (Å²) in [5, 5.41) is 19.5. The van der Waals surface area contributed by atoms with Crippen LogP contribution in [0.3, 0.4) is 0 Å². The lowest BCUT2D eigenvalue weighted by Gasteiger charge is -2.21. The maximum Gasteiger partial charge on any atom is 0.232 e. The van der Waals surface area contributed by atoms with E-state index in [9.17, 15) is 18.3 Å². The van der Waals surface area contributed by atoms with E-state index in [1.54, 1.807) is 13.1 Å². The van der Waals surface area contributed by atoms with Gasteiger partial charge in [-0.15, -0.1) is 0 Å². The molecule has 0 spiro atoms. The largest absolute Gasteiger partial charge is 0.506 e. The highest BCUT2D eigenvalue weighted by Gasteiger charge is 2.28. The topological polar surface area (TPSA) is 112 Å². The van der Waals surface area contributed by atoms with Crippen molar-refractivity contribution in [3.63, 3.8) is 0 Å². The van der Waals surface area contributed by atoms with Gasteiger partial charge in [0.1, 0.15) is 5.75 Å². The molecule has 0 fully saturated rings. The first-order valence-electron chi connectivity index (χ1n) is 7.81. The lowest BCUT2D eigenvalue weighted by atomic mass is 9.86. The Morgan fingerprint density at radius 1 is 1.46 bits per heavy atom. The van der Waals surface area contributed by atoms with Gasteiger partial charge < -0.3 is 10.4 Å².